The fraction of sp³-hybridized carbons (Fsp3) is 0.444. The third kappa shape index (κ3) is 2.29. The molecule has 1 aromatic heterocycles. The maximum atomic E-state index is 5.64. The highest BCUT2D eigenvalue weighted by Crippen LogP contribution is 2.42. The van der Waals surface area contributed by atoms with Gasteiger partial charge in [-0.05, 0) is 42.7 Å². The number of anilines is 1. The van der Waals surface area contributed by atoms with Crippen LogP contribution in [0.25, 0.3) is 5.88 Å². The van der Waals surface area contributed by atoms with Crippen LogP contribution in [0.4, 0.5) is 5.69 Å². The third-order valence-electron chi connectivity index (χ3n) is 5.19. The highest BCUT2D eigenvalue weighted by atomic mass is 32.1. The lowest BCUT2D eigenvalue weighted by Gasteiger charge is -2.33. The van der Waals surface area contributed by atoms with Crippen LogP contribution in [0.1, 0.15) is 37.4 Å². The molecule has 1 N–H and O–H groups in total. The first-order valence-corrected chi connectivity index (χ1v) is 8.99. The Kier molecular flexibility index (Phi) is 3.65. The van der Waals surface area contributed by atoms with E-state index in [0.29, 0.717) is 5.92 Å². The van der Waals surface area contributed by atoms with Gasteiger partial charge in [0.2, 0.25) is 0 Å². The zero-order chi connectivity index (χ0) is 16.1. The molecular formula is C18H20N2OS2. The highest BCUT2D eigenvalue weighted by molar-refractivity contribution is 7.81. The van der Waals surface area contributed by atoms with Crippen molar-refractivity contribution in [3.05, 3.63) is 34.8 Å². The Morgan fingerprint density at radius 3 is 2.91 bits per heavy atom. The normalized spacial score (nSPS) is 22.9. The van der Waals surface area contributed by atoms with Crippen LogP contribution in [0.15, 0.2) is 23.5 Å². The molecule has 3 nitrogen and oxygen atoms in total. The van der Waals surface area contributed by atoms with Gasteiger partial charge in [-0.25, -0.2) is 0 Å². The number of nitrogens with zero attached hydrogens (tertiary/aromatic N) is 1. The average Bonchev–Trinajstić information content (AvgIpc) is 2.91. The number of rotatable bonds is 2. The van der Waals surface area contributed by atoms with Gasteiger partial charge in [-0.15, -0.1) is 0 Å². The van der Waals surface area contributed by atoms with Crippen molar-refractivity contribution < 1.29 is 4.74 Å². The van der Waals surface area contributed by atoms with E-state index in [9.17, 15) is 0 Å². The molecule has 0 spiro atoms. The molecular weight excluding hydrogens is 324 g/mol. The Labute approximate surface area is 147 Å². The summed E-state index contributed by atoms with van der Waals surface area (Å²) in [4.78, 5) is 1.99. The van der Waals surface area contributed by atoms with Crippen LogP contribution in [0, 0.1) is 5.92 Å². The van der Waals surface area contributed by atoms with Gasteiger partial charge in [0.25, 0.3) is 0 Å². The number of methoxy groups -OCH3 is 1. The van der Waals surface area contributed by atoms with E-state index in [1.807, 2.05) is 6.08 Å². The second kappa shape index (κ2) is 5.56. The zero-order valence-corrected chi connectivity index (χ0v) is 15.1. The lowest BCUT2D eigenvalue weighted by Crippen LogP contribution is -2.27. The molecule has 1 aliphatic carbocycles. The Bertz CT molecular complexity index is 785. The predicted octanol–water partition coefficient (Wildman–Crippen LogP) is 4.27. The van der Waals surface area contributed by atoms with Crippen LogP contribution in [0.3, 0.4) is 0 Å². The molecule has 3 aliphatic rings. The van der Waals surface area contributed by atoms with Gasteiger partial charge >= 0.3 is 0 Å². The molecule has 1 aromatic rings. The van der Waals surface area contributed by atoms with Crippen molar-refractivity contribution >= 4 is 45.7 Å². The van der Waals surface area contributed by atoms with Crippen molar-refractivity contribution in [2.24, 2.45) is 5.92 Å². The number of hydrogen-bond donors (Lipinski definition) is 1. The Hall–Kier alpha value is -1.46. The Morgan fingerprint density at radius 2 is 2.17 bits per heavy atom. The van der Waals surface area contributed by atoms with Gasteiger partial charge in [-0.1, -0.05) is 31.4 Å². The van der Waals surface area contributed by atoms with E-state index >= 15 is 0 Å². The van der Waals surface area contributed by atoms with Gasteiger partial charge in [-0.2, -0.15) is 0 Å². The minimum Gasteiger partial charge on any atom is -0.482 e. The lowest BCUT2D eigenvalue weighted by molar-refractivity contribution is 0.342. The summed E-state index contributed by atoms with van der Waals surface area (Å²) < 4.78 is 7.65. The van der Waals surface area contributed by atoms with Crippen molar-refractivity contribution in [2.75, 3.05) is 12.4 Å². The molecule has 0 saturated carbocycles. The van der Waals surface area contributed by atoms with E-state index in [-0.39, 0.29) is 0 Å². The van der Waals surface area contributed by atoms with E-state index in [2.05, 4.69) is 23.0 Å². The van der Waals surface area contributed by atoms with Gasteiger partial charge in [-0.3, -0.25) is 4.57 Å². The van der Waals surface area contributed by atoms with Crippen molar-refractivity contribution in [3.8, 4) is 0 Å². The summed E-state index contributed by atoms with van der Waals surface area (Å²) >= 11 is 11.1. The fourth-order valence-electron chi connectivity index (χ4n) is 3.99. The summed E-state index contributed by atoms with van der Waals surface area (Å²) in [6, 6.07) is 0. The van der Waals surface area contributed by atoms with Crippen molar-refractivity contribution in [1.29, 1.82) is 0 Å². The molecule has 3 heterocycles. The van der Waals surface area contributed by atoms with Crippen LogP contribution < -0.4 is 5.32 Å². The summed E-state index contributed by atoms with van der Waals surface area (Å²) in [7, 11) is 1.70. The quantitative estimate of drug-likeness (QED) is 0.810. The van der Waals surface area contributed by atoms with Crippen LogP contribution in [0.5, 0.6) is 0 Å². The maximum Gasteiger partial charge on any atom is 0.198 e. The van der Waals surface area contributed by atoms with Gasteiger partial charge in [0.15, 0.2) is 5.88 Å². The third-order valence-corrected chi connectivity index (χ3v) is 5.86. The maximum absolute atomic E-state index is 5.64. The molecule has 0 amide bonds. The average molecular weight is 345 g/mol. The smallest absolute Gasteiger partial charge is 0.198 e. The van der Waals surface area contributed by atoms with E-state index in [1.54, 1.807) is 7.11 Å². The fourth-order valence-corrected chi connectivity index (χ4v) is 4.53. The number of nitrogens with one attached hydrogen (secondary N) is 1. The second-order valence-corrected chi connectivity index (χ2v) is 7.46. The first-order chi connectivity index (χ1) is 11.1. The van der Waals surface area contributed by atoms with E-state index in [4.69, 9.17) is 29.2 Å². The Balaban J connectivity index is 1.80. The first kappa shape index (κ1) is 15.1. The van der Waals surface area contributed by atoms with E-state index in [0.717, 1.165) is 34.9 Å². The minimum absolute atomic E-state index is 0.646. The molecule has 0 aromatic carbocycles. The van der Waals surface area contributed by atoms with Gasteiger partial charge in [0.1, 0.15) is 0 Å². The van der Waals surface area contributed by atoms with E-state index in [1.165, 1.54) is 41.1 Å². The monoisotopic (exact) mass is 344 g/mol. The van der Waals surface area contributed by atoms with Crippen molar-refractivity contribution in [1.82, 2.24) is 4.57 Å². The number of allylic oxidation sites excluding steroid dienone is 3. The number of ether oxygens (including phenoxy) is 1. The molecule has 2 aliphatic heterocycles. The summed E-state index contributed by atoms with van der Waals surface area (Å²) in [5.41, 5.74) is 6.41. The SMILES string of the molecule is CCC1CCC(=S)C2=C1Cc1cn3c(c1N2)CC(=S)C=C3OC. The standard InChI is InChI=1S/C18H20N2OS2/c1-3-10-4-5-15(23)18-13(10)6-11-9-20-14(17(11)19-18)7-12(22)8-16(20)21-2/h8-10,19H,3-7H2,1-2H3. The summed E-state index contributed by atoms with van der Waals surface area (Å²) in [5, 5.41) is 3.66. The molecule has 1 atom stereocenters. The summed E-state index contributed by atoms with van der Waals surface area (Å²) in [6.07, 6.45) is 9.29. The summed E-state index contributed by atoms with van der Waals surface area (Å²) in [6.45, 7) is 2.27. The molecule has 1 unspecified atom stereocenters. The molecule has 5 heteroatoms. The van der Waals surface area contributed by atoms with Crippen LogP contribution >= 0.6 is 24.4 Å². The number of hydrogen-bond acceptors (Lipinski definition) is 4. The predicted molar refractivity (Wildman–Crippen MR) is 102 cm³/mol. The van der Waals surface area contributed by atoms with Gasteiger partial charge in [0, 0.05) is 28.4 Å². The first-order valence-electron chi connectivity index (χ1n) is 8.17. The molecule has 0 fully saturated rings. The molecule has 0 saturated heterocycles. The molecule has 23 heavy (non-hydrogen) atoms. The topological polar surface area (TPSA) is 26.2 Å². The number of fused-ring (bicyclic) bond motifs is 3. The van der Waals surface area contributed by atoms with Crippen LogP contribution in [-0.4, -0.2) is 21.4 Å². The summed E-state index contributed by atoms with van der Waals surface area (Å²) in [5.74, 6) is 1.45. The highest BCUT2D eigenvalue weighted by Gasteiger charge is 2.33. The van der Waals surface area contributed by atoms with Gasteiger partial charge < -0.3 is 10.1 Å². The number of aromatic nitrogens is 1. The van der Waals surface area contributed by atoms with E-state index < -0.39 is 0 Å². The number of thiocarbonyl (C=S) groups is 2. The molecule has 0 bridgehead atoms. The lowest BCUT2D eigenvalue weighted by atomic mass is 9.79. The van der Waals surface area contributed by atoms with Gasteiger partial charge in [0.05, 0.1) is 24.2 Å². The molecule has 4 rings (SSSR count). The Morgan fingerprint density at radius 1 is 1.35 bits per heavy atom. The van der Waals surface area contributed by atoms with Crippen molar-refractivity contribution in [3.63, 3.8) is 0 Å². The minimum atomic E-state index is 0.646. The largest absolute Gasteiger partial charge is 0.482 e. The molecule has 120 valence electrons. The van der Waals surface area contributed by atoms with Crippen molar-refractivity contribution in [2.45, 2.75) is 39.0 Å². The zero-order valence-electron chi connectivity index (χ0n) is 13.4. The van der Waals surface area contributed by atoms with Crippen LogP contribution in [-0.2, 0) is 17.6 Å². The molecule has 0 radical (unpaired) electrons. The second-order valence-electron chi connectivity index (χ2n) is 6.44. The van der Waals surface area contributed by atoms with Crippen LogP contribution in [0.2, 0.25) is 0 Å².